The number of hydrogen-bond donors (Lipinski definition) is 6. The van der Waals surface area contributed by atoms with Crippen molar-refractivity contribution >= 4 is 40.5 Å². The minimum Gasteiger partial charge on any atom is -0.481 e. The van der Waals surface area contributed by atoms with E-state index in [1.165, 1.54) is 12.1 Å². The molecule has 168 valence electrons. The molecule has 0 aliphatic carbocycles. The van der Waals surface area contributed by atoms with Crippen molar-refractivity contribution in [3.63, 3.8) is 0 Å². The Morgan fingerprint density at radius 3 is 2.32 bits per heavy atom. The Kier molecular flexibility index (Phi) is 7.60. The second kappa shape index (κ2) is 10.0. The zero-order valence-electron chi connectivity index (χ0n) is 16.0. The van der Waals surface area contributed by atoms with Gasteiger partial charge < -0.3 is 40.3 Å². The van der Waals surface area contributed by atoms with E-state index in [4.69, 9.17) is 37.8 Å². The molecule has 0 bridgehead atoms. The second-order valence-electron chi connectivity index (χ2n) is 6.93. The number of hydrogen-bond acceptors (Lipinski definition) is 8. The number of carbonyl (C=O) groups is 1. The maximum atomic E-state index is 11.1. The first-order valence-corrected chi connectivity index (χ1v) is 9.99. The minimum atomic E-state index is -1.59. The molecule has 5 atom stereocenters. The highest BCUT2D eigenvalue weighted by Crippen LogP contribution is 2.38. The summed E-state index contributed by atoms with van der Waals surface area (Å²) in [6.45, 7) is -0.592. The predicted octanol–water partition coefficient (Wildman–Crippen LogP) is 1.54. The van der Waals surface area contributed by atoms with Crippen LogP contribution in [0.4, 0.5) is 11.4 Å². The molecule has 31 heavy (non-hydrogen) atoms. The van der Waals surface area contributed by atoms with Crippen LogP contribution in [0.1, 0.15) is 5.56 Å². The van der Waals surface area contributed by atoms with Gasteiger partial charge in [0.25, 0.3) is 0 Å². The van der Waals surface area contributed by atoms with Crippen molar-refractivity contribution in [1.29, 1.82) is 0 Å². The number of halogens is 2. The van der Waals surface area contributed by atoms with Gasteiger partial charge in [0, 0.05) is 17.8 Å². The quantitative estimate of drug-likeness (QED) is 0.352. The van der Waals surface area contributed by atoms with Gasteiger partial charge in [0.2, 0.25) is 6.29 Å². The Morgan fingerprint density at radius 2 is 1.71 bits per heavy atom. The van der Waals surface area contributed by atoms with Crippen LogP contribution in [0.15, 0.2) is 36.4 Å². The molecule has 1 fully saturated rings. The van der Waals surface area contributed by atoms with Crippen molar-refractivity contribution in [2.24, 2.45) is 0 Å². The van der Waals surface area contributed by atoms with Crippen LogP contribution < -0.4 is 10.1 Å². The zero-order chi connectivity index (χ0) is 22.7. The van der Waals surface area contributed by atoms with E-state index in [9.17, 15) is 25.2 Å². The Hall–Kier alpha value is -2.11. The Bertz CT molecular complexity index is 918. The van der Waals surface area contributed by atoms with Crippen LogP contribution in [0.2, 0.25) is 10.0 Å². The molecule has 0 amide bonds. The van der Waals surface area contributed by atoms with E-state index in [1.807, 2.05) is 0 Å². The highest BCUT2D eigenvalue weighted by molar-refractivity contribution is 6.39. The van der Waals surface area contributed by atoms with Gasteiger partial charge >= 0.3 is 5.97 Å². The highest BCUT2D eigenvalue weighted by atomic mass is 35.5. The summed E-state index contributed by atoms with van der Waals surface area (Å²) < 4.78 is 10.8. The van der Waals surface area contributed by atoms with Gasteiger partial charge in [-0.1, -0.05) is 41.4 Å². The lowest BCUT2D eigenvalue weighted by molar-refractivity contribution is -0.277. The number of rotatable bonds is 7. The number of aliphatic hydroxyl groups is 4. The third-order valence-corrected chi connectivity index (χ3v) is 5.33. The number of para-hydroxylation sites is 1. The van der Waals surface area contributed by atoms with E-state index in [2.05, 4.69) is 5.32 Å². The number of ether oxygens (including phenoxy) is 2. The summed E-state index contributed by atoms with van der Waals surface area (Å²) >= 11 is 12.7. The molecule has 2 aromatic rings. The van der Waals surface area contributed by atoms with Gasteiger partial charge in [0.15, 0.2) is 0 Å². The molecule has 6 N–H and O–H groups in total. The third kappa shape index (κ3) is 5.39. The molecule has 1 unspecified atom stereocenters. The first kappa shape index (κ1) is 23.6. The zero-order valence-corrected chi connectivity index (χ0v) is 17.5. The standard InChI is InChI=1S/C20H21Cl2NO8/c21-11-6-10(30-20-19(29)18(28)17(27)14(8-24)31-20)7-12(22)16(11)23-13-4-2-1-3-9(13)5-15(25)26/h1-4,6-7,14,17-20,23-24,27-29H,5,8H2,(H,25,26)/t14-,17-,18+,19-,20?/m1/s1. The van der Waals surface area contributed by atoms with E-state index >= 15 is 0 Å². The van der Waals surface area contributed by atoms with Crippen molar-refractivity contribution < 1.29 is 39.8 Å². The van der Waals surface area contributed by atoms with Crippen LogP contribution in [0.5, 0.6) is 5.75 Å². The maximum Gasteiger partial charge on any atom is 0.307 e. The van der Waals surface area contributed by atoms with E-state index < -0.39 is 43.3 Å². The van der Waals surface area contributed by atoms with Crippen molar-refractivity contribution in [3.05, 3.63) is 52.0 Å². The summed E-state index contributed by atoms with van der Waals surface area (Å²) in [6.07, 6.45) is -7.40. The summed E-state index contributed by atoms with van der Waals surface area (Å²) in [5, 5.41) is 51.5. The number of benzene rings is 2. The second-order valence-corrected chi connectivity index (χ2v) is 7.74. The first-order valence-electron chi connectivity index (χ1n) is 9.24. The van der Waals surface area contributed by atoms with E-state index in [0.717, 1.165) is 0 Å². The van der Waals surface area contributed by atoms with E-state index in [1.54, 1.807) is 24.3 Å². The molecule has 11 heteroatoms. The fourth-order valence-electron chi connectivity index (χ4n) is 3.13. The first-order chi connectivity index (χ1) is 14.7. The minimum absolute atomic E-state index is 0.101. The molecule has 1 saturated heterocycles. The number of carboxylic acids is 1. The van der Waals surface area contributed by atoms with Gasteiger partial charge in [0.05, 0.1) is 28.8 Å². The lowest BCUT2D eigenvalue weighted by Crippen LogP contribution is -2.60. The van der Waals surface area contributed by atoms with Crippen LogP contribution in [-0.2, 0) is 16.0 Å². The average Bonchev–Trinajstić information content (AvgIpc) is 2.72. The lowest BCUT2D eigenvalue weighted by Gasteiger charge is -2.39. The summed E-state index contributed by atoms with van der Waals surface area (Å²) in [6, 6.07) is 9.56. The fraction of sp³-hybridized carbons (Fsp3) is 0.350. The number of aliphatic hydroxyl groups excluding tert-OH is 4. The Balaban J connectivity index is 1.81. The van der Waals surface area contributed by atoms with Gasteiger partial charge in [-0.3, -0.25) is 4.79 Å². The number of nitrogens with one attached hydrogen (secondary N) is 1. The van der Waals surface area contributed by atoms with Crippen LogP contribution in [-0.4, -0.2) is 68.8 Å². The largest absolute Gasteiger partial charge is 0.481 e. The number of aliphatic carboxylic acids is 1. The third-order valence-electron chi connectivity index (χ3n) is 4.74. The molecular formula is C20H21Cl2NO8. The molecule has 1 aliphatic heterocycles. The SMILES string of the molecule is O=C(O)Cc1ccccc1Nc1c(Cl)cc(OC2O[C@H](CO)[C@@H](O)[C@H](O)[C@H]2O)cc1Cl. The number of anilines is 2. The van der Waals surface area contributed by atoms with Gasteiger partial charge in [-0.2, -0.15) is 0 Å². The van der Waals surface area contributed by atoms with Crippen molar-refractivity contribution in [1.82, 2.24) is 0 Å². The summed E-state index contributed by atoms with van der Waals surface area (Å²) in [5.41, 5.74) is 1.35. The molecule has 1 aliphatic rings. The average molecular weight is 474 g/mol. The van der Waals surface area contributed by atoms with Crippen molar-refractivity contribution in [2.45, 2.75) is 37.1 Å². The highest BCUT2D eigenvalue weighted by Gasteiger charge is 2.44. The molecule has 0 saturated carbocycles. The molecular weight excluding hydrogens is 453 g/mol. The molecule has 0 radical (unpaired) electrons. The lowest BCUT2D eigenvalue weighted by atomic mass is 9.99. The molecule has 9 nitrogen and oxygen atoms in total. The van der Waals surface area contributed by atoms with Crippen LogP contribution in [0.3, 0.4) is 0 Å². The van der Waals surface area contributed by atoms with Crippen LogP contribution >= 0.6 is 23.2 Å². The molecule has 1 heterocycles. The normalized spacial score (nSPS) is 25.8. The van der Waals surface area contributed by atoms with Crippen LogP contribution in [0.25, 0.3) is 0 Å². The van der Waals surface area contributed by atoms with Gasteiger partial charge in [-0.05, 0) is 11.6 Å². The van der Waals surface area contributed by atoms with Gasteiger partial charge in [0.1, 0.15) is 30.2 Å². The topological polar surface area (TPSA) is 149 Å². The number of carboxylic acid groups (broad SMARTS) is 1. The monoisotopic (exact) mass is 473 g/mol. The predicted molar refractivity (Wildman–Crippen MR) is 112 cm³/mol. The maximum absolute atomic E-state index is 11.1. The van der Waals surface area contributed by atoms with Gasteiger partial charge in [-0.15, -0.1) is 0 Å². The summed E-state index contributed by atoms with van der Waals surface area (Å²) in [5.74, 6) is -0.890. The fourth-order valence-corrected chi connectivity index (χ4v) is 3.69. The molecule has 0 aromatic heterocycles. The molecule has 2 aromatic carbocycles. The van der Waals surface area contributed by atoms with Crippen LogP contribution in [0, 0.1) is 0 Å². The van der Waals surface area contributed by atoms with E-state index in [-0.39, 0.29) is 22.2 Å². The smallest absolute Gasteiger partial charge is 0.307 e. The summed E-state index contributed by atoms with van der Waals surface area (Å²) in [7, 11) is 0. The van der Waals surface area contributed by atoms with Gasteiger partial charge in [-0.25, -0.2) is 0 Å². The molecule has 3 rings (SSSR count). The molecule has 0 spiro atoms. The van der Waals surface area contributed by atoms with Crippen molar-refractivity contribution in [3.8, 4) is 5.75 Å². The van der Waals surface area contributed by atoms with E-state index in [0.29, 0.717) is 16.9 Å². The summed E-state index contributed by atoms with van der Waals surface area (Å²) in [4.78, 5) is 11.1. The Labute approximate surface area is 187 Å². The van der Waals surface area contributed by atoms with Crippen molar-refractivity contribution in [2.75, 3.05) is 11.9 Å². The Morgan fingerprint density at radius 1 is 1.06 bits per heavy atom.